The van der Waals surface area contributed by atoms with Crippen LogP contribution in [0.25, 0.3) is 11.1 Å². The van der Waals surface area contributed by atoms with E-state index in [4.69, 9.17) is 4.74 Å². The monoisotopic (exact) mass is 343 g/mol. The maximum Gasteiger partial charge on any atom is 0.235 e. The molecular formula is C22H21N3O. The molecule has 26 heavy (non-hydrogen) atoms. The van der Waals surface area contributed by atoms with Gasteiger partial charge >= 0.3 is 0 Å². The largest absolute Gasteiger partial charge is 0.472 e. The number of hydrogen-bond acceptors (Lipinski definition) is 4. The van der Waals surface area contributed by atoms with Crippen LogP contribution in [0, 0.1) is 11.3 Å². The van der Waals surface area contributed by atoms with Crippen molar-refractivity contribution >= 4 is 0 Å². The maximum atomic E-state index is 9.25. The number of hydrogen-bond donors (Lipinski definition) is 0. The maximum absolute atomic E-state index is 9.25. The van der Waals surface area contributed by atoms with Crippen molar-refractivity contribution in [3.8, 4) is 23.1 Å². The minimum atomic E-state index is 0.442. The van der Waals surface area contributed by atoms with Gasteiger partial charge in [-0.2, -0.15) is 5.26 Å². The van der Waals surface area contributed by atoms with Crippen molar-refractivity contribution < 1.29 is 4.74 Å². The molecule has 0 saturated carbocycles. The van der Waals surface area contributed by atoms with Gasteiger partial charge in [-0.3, -0.25) is 4.98 Å². The van der Waals surface area contributed by atoms with Gasteiger partial charge in [-0.05, 0) is 35.6 Å². The number of aromatic nitrogens is 2. The molecule has 0 unspecified atom stereocenters. The number of nitriles is 1. The third-order valence-corrected chi connectivity index (χ3v) is 4.19. The molecule has 1 aromatic heterocycles. The van der Waals surface area contributed by atoms with E-state index in [0.29, 0.717) is 18.1 Å². The van der Waals surface area contributed by atoms with Crippen LogP contribution >= 0.6 is 0 Å². The van der Waals surface area contributed by atoms with Gasteiger partial charge < -0.3 is 4.74 Å². The molecule has 4 nitrogen and oxygen atoms in total. The highest BCUT2D eigenvalue weighted by Gasteiger charge is 2.07. The first-order valence-corrected chi connectivity index (χ1v) is 8.83. The van der Waals surface area contributed by atoms with Crippen molar-refractivity contribution in [2.24, 2.45) is 0 Å². The predicted molar refractivity (Wildman–Crippen MR) is 102 cm³/mol. The Kier molecular flexibility index (Phi) is 5.95. The summed E-state index contributed by atoms with van der Waals surface area (Å²) in [6, 6.07) is 17.9. The van der Waals surface area contributed by atoms with E-state index < -0.39 is 0 Å². The predicted octanol–water partition coefficient (Wildman–Crippen LogP) is 4.94. The van der Waals surface area contributed by atoms with E-state index in [1.54, 1.807) is 12.4 Å². The fourth-order valence-corrected chi connectivity index (χ4v) is 2.75. The third-order valence-electron chi connectivity index (χ3n) is 4.19. The Morgan fingerprint density at radius 2 is 1.77 bits per heavy atom. The summed E-state index contributed by atoms with van der Waals surface area (Å²) >= 11 is 0. The molecule has 0 bridgehead atoms. The van der Waals surface area contributed by atoms with Gasteiger partial charge in [0.1, 0.15) is 12.3 Å². The molecule has 0 atom stereocenters. The number of rotatable bonds is 7. The van der Waals surface area contributed by atoms with Crippen LogP contribution in [0.3, 0.4) is 0 Å². The molecule has 0 aliphatic heterocycles. The quantitative estimate of drug-likeness (QED) is 0.610. The number of benzene rings is 2. The van der Waals surface area contributed by atoms with Gasteiger partial charge in [0.15, 0.2) is 0 Å². The van der Waals surface area contributed by atoms with E-state index in [2.05, 4.69) is 23.0 Å². The van der Waals surface area contributed by atoms with Gasteiger partial charge in [0.2, 0.25) is 5.88 Å². The van der Waals surface area contributed by atoms with Crippen molar-refractivity contribution in [1.82, 2.24) is 9.97 Å². The smallest absolute Gasteiger partial charge is 0.235 e. The molecule has 1 heterocycles. The second-order valence-corrected chi connectivity index (χ2v) is 6.05. The van der Waals surface area contributed by atoms with Gasteiger partial charge in [-0.25, -0.2) is 4.98 Å². The molecule has 0 spiro atoms. The average Bonchev–Trinajstić information content (AvgIpc) is 2.71. The lowest BCUT2D eigenvalue weighted by Gasteiger charge is -2.10. The number of unbranched alkanes of at least 4 members (excludes halogenated alkanes) is 1. The Bertz CT molecular complexity index is 898. The molecule has 0 N–H and O–H groups in total. The molecule has 4 heteroatoms. The van der Waals surface area contributed by atoms with E-state index >= 15 is 0 Å². The van der Waals surface area contributed by atoms with Crippen LogP contribution in [0.4, 0.5) is 0 Å². The van der Waals surface area contributed by atoms with Gasteiger partial charge in [-0.1, -0.05) is 55.8 Å². The first-order chi connectivity index (χ1) is 12.8. The molecule has 0 amide bonds. The highest BCUT2D eigenvalue weighted by atomic mass is 16.5. The first-order valence-electron chi connectivity index (χ1n) is 8.83. The van der Waals surface area contributed by atoms with Crippen molar-refractivity contribution in [1.29, 1.82) is 5.26 Å². The van der Waals surface area contributed by atoms with Crippen LogP contribution in [-0.4, -0.2) is 9.97 Å². The molecule has 130 valence electrons. The molecule has 0 aliphatic rings. The van der Waals surface area contributed by atoms with E-state index in [1.807, 2.05) is 48.5 Å². The van der Waals surface area contributed by atoms with Crippen LogP contribution in [-0.2, 0) is 13.0 Å². The Hall–Kier alpha value is -3.19. The van der Waals surface area contributed by atoms with Gasteiger partial charge in [0, 0.05) is 12.4 Å². The van der Waals surface area contributed by atoms with Crippen LogP contribution < -0.4 is 4.74 Å². The normalized spacial score (nSPS) is 10.3. The number of nitrogens with zero attached hydrogens (tertiary/aromatic N) is 3. The van der Waals surface area contributed by atoms with Crippen molar-refractivity contribution in [3.05, 3.63) is 77.7 Å². The minimum absolute atomic E-state index is 0.442. The lowest BCUT2D eigenvalue weighted by atomic mass is 9.99. The minimum Gasteiger partial charge on any atom is -0.472 e. The Labute approximate surface area is 154 Å². The number of ether oxygens (including phenoxy) is 1. The third kappa shape index (κ3) is 4.25. The van der Waals surface area contributed by atoms with Gasteiger partial charge in [0.25, 0.3) is 0 Å². The van der Waals surface area contributed by atoms with Crippen molar-refractivity contribution in [2.45, 2.75) is 32.8 Å². The summed E-state index contributed by atoms with van der Waals surface area (Å²) in [5, 5.41) is 9.25. The van der Waals surface area contributed by atoms with Crippen LogP contribution in [0.5, 0.6) is 5.88 Å². The Balaban J connectivity index is 1.70. The molecular weight excluding hydrogens is 322 g/mol. The van der Waals surface area contributed by atoms with Crippen LogP contribution in [0.1, 0.15) is 36.6 Å². The van der Waals surface area contributed by atoms with E-state index in [9.17, 15) is 5.26 Å². The summed E-state index contributed by atoms with van der Waals surface area (Å²) < 4.78 is 5.88. The summed E-state index contributed by atoms with van der Waals surface area (Å²) in [5.74, 6) is 0.611. The lowest BCUT2D eigenvalue weighted by molar-refractivity contribution is 0.288. The highest BCUT2D eigenvalue weighted by Crippen LogP contribution is 2.24. The van der Waals surface area contributed by atoms with Crippen molar-refractivity contribution in [2.75, 3.05) is 0 Å². The second kappa shape index (κ2) is 8.77. The van der Waals surface area contributed by atoms with Crippen molar-refractivity contribution in [3.63, 3.8) is 0 Å². The topological polar surface area (TPSA) is 58.8 Å². The second-order valence-electron chi connectivity index (χ2n) is 6.05. The summed E-state index contributed by atoms with van der Waals surface area (Å²) in [6.07, 6.45) is 6.43. The van der Waals surface area contributed by atoms with Gasteiger partial charge in [0.05, 0.1) is 11.6 Å². The Morgan fingerprint density at radius 1 is 1.00 bits per heavy atom. The average molecular weight is 343 g/mol. The zero-order valence-corrected chi connectivity index (χ0v) is 14.9. The molecule has 3 rings (SSSR count). The molecule has 0 saturated heterocycles. The van der Waals surface area contributed by atoms with Crippen LogP contribution in [0.15, 0.2) is 60.9 Å². The lowest BCUT2D eigenvalue weighted by Crippen LogP contribution is -2.02. The standard InChI is InChI=1S/C22H21N3O/c1-2-3-8-21-22(25-14-13-24-21)26-16-17-9-11-18(12-10-17)20-7-5-4-6-19(20)15-23/h4-7,9-14H,2-3,8,16H2,1H3. The highest BCUT2D eigenvalue weighted by molar-refractivity contribution is 5.70. The SMILES string of the molecule is CCCCc1nccnc1OCc1ccc(-c2ccccc2C#N)cc1. The Morgan fingerprint density at radius 3 is 2.54 bits per heavy atom. The van der Waals surface area contributed by atoms with Crippen LogP contribution in [0.2, 0.25) is 0 Å². The zero-order chi connectivity index (χ0) is 18.2. The van der Waals surface area contributed by atoms with Gasteiger partial charge in [-0.15, -0.1) is 0 Å². The van der Waals surface area contributed by atoms with E-state index in [-0.39, 0.29) is 0 Å². The summed E-state index contributed by atoms with van der Waals surface area (Å²) in [4.78, 5) is 8.70. The molecule has 2 aromatic carbocycles. The molecule has 0 aliphatic carbocycles. The van der Waals surface area contributed by atoms with E-state index in [1.165, 1.54) is 0 Å². The van der Waals surface area contributed by atoms with E-state index in [0.717, 1.165) is 41.6 Å². The summed E-state index contributed by atoms with van der Waals surface area (Å²) in [7, 11) is 0. The molecule has 3 aromatic rings. The fraction of sp³-hybridized carbons (Fsp3) is 0.227. The molecule has 0 radical (unpaired) electrons. The molecule has 0 fully saturated rings. The number of aryl methyl sites for hydroxylation is 1. The fourth-order valence-electron chi connectivity index (χ4n) is 2.75. The summed E-state index contributed by atoms with van der Waals surface area (Å²) in [5.41, 5.74) is 4.60. The first kappa shape index (κ1) is 17.6. The summed E-state index contributed by atoms with van der Waals surface area (Å²) in [6.45, 7) is 2.60. The zero-order valence-electron chi connectivity index (χ0n) is 14.9.